The zero-order valence-corrected chi connectivity index (χ0v) is 34.8. The highest BCUT2D eigenvalue weighted by Crippen LogP contribution is 2.61. The van der Waals surface area contributed by atoms with Gasteiger partial charge in [0.2, 0.25) is 0 Å². The summed E-state index contributed by atoms with van der Waals surface area (Å²) in [5, 5.41) is 1.45. The van der Waals surface area contributed by atoms with E-state index in [4.69, 9.17) is 0 Å². The molecule has 7 aliphatic rings. The normalized spacial score (nSPS) is 25.9. The lowest BCUT2D eigenvalue weighted by molar-refractivity contribution is -0.00512. The fraction of sp³-hybridized carbons (Fsp3) is 0.385. The van der Waals surface area contributed by atoms with Crippen LogP contribution in [-0.2, 0) is 16.2 Å². The Bertz CT molecular complexity index is 2570. The quantitative estimate of drug-likeness (QED) is 0.166. The molecule has 2 aliphatic heterocycles. The van der Waals surface area contributed by atoms with Crippen molar-refractivity contribution in [3.8, 4) is 0 Å². The fourth-order valence-corrected chi connectivity index (χ4v) is 14.8. The van der Waals surface area contributed by atoms with Crippen LogP contribution in [0.5, 0.6) is 0 Å². The number of aryl methyl sites for hydroxylation is 2. The summed E-state index contributed by atoms with van der Waals surface area (Å²) in [7, 11) is 0. The first-order chi connectivity index (χ1) is 27.0. The predicted octanol–water partition coefficient (Wildman–Crippen LogP) is 12.4. The summed E-state index contributed by atoms with van der Waals surface area (Å²) >= 11 is 2.07. The van der Waals surface area contributed by atoms with Gasteiger partial charge in [-0.1, -0.05) is 82.3 Å². The van der Waals surface area contributed by atoms with Crippen LogP contribution >= 0.6 is 11.3 Å². The molecule has 6 aromatic rings. The molecular weight excluding hydrogens is 695 g/mol. The molecule has 5 aromatic carbocycles. The minimum Gasteiger partial charge on any atom is -0.311 e. The maximum absolute atomic E-state index is 2.70. The van der Waals surface area contributed by atoms with Gasteiger partial charge in [0.25, 0.3) is 6.71 Å². The number of para-hydroxylation sites is 2. The maximum Gasteiger partial charge on any atom is 0.264 e. The van der Waals surface area contributed by atoms with Gasteiger partial charge in [0.05, 0.1) is 11.4 Å². The van der Waals surface area contributed by atoms with Crippen molar-refractivity contribution in [2.75, 3.05) is 9.80 Å². The molecule has 5 aliphatic carbocycles. The monoisotopic (exact) mass is 748 g/mol. The smallest absolute Gasteiger partial charge is 0.264 e. The molecule has 0 amide bonds. The van der Waals surface area contributed by atoms with E-state index in [1.165, 1.54) is 128 Å². The predicted molar refractivity (Wildman–Crippen MR) is 240 cm³/mol. The topological polar surface area (TPSA) is 6.48 Å². The van der Waals surface area contributed by atoms with E-state index in [0.29, 0.717) is 5.41 Å². The second kappa shape index (κ2) is 11.4. The third-order valence-electron chi connectivity index (χ3n) is 15.9. The Balaban J connectivity index is 1.17. The van der Waals surface area contributed by atoms with Gasteiger partial charge in [0.1, 0.15) is 0 Å². The summed E-state index contributed by atoms with van der Waals surface area (Å²) in [4.78, 5) is 5.33. The average molecular weight is 749 g/mol. The molecule has 2 nitrogen and oxygen atoms in total. The van der Waals surface area contributed by atoms with E-state index in [9.17, 15) is 0 Å². The van der Waals surface area contributed by atoms with Crippen LogP contribution in [0.25, 0.3) is 10.1 Å². The third-order valence-corrected chi connectivity index (χ3v) is 17.1. The number of hydrogen-bond donors (Lipinski definition) is 0. The molecule has 4 heteroatoms. The number of benzene rings is 5. The van der Waals surface area contributed by atoms with E-state index in [1.807, 2.05) is 0 Å². The molecule has 3 heterocycles. The van der Waals surface area contributed by atoms with Crippen molar-refractivity contribution in [2.45, 2.75) is 109 Å². The molecule has 4 bridgehead atoms. The Labute approximate surface area is 338 Å². The molecule has 56 heavy (non-hydrogen) atoms. The van der Waals surface area contributed by atoms with E-state index in [-0.39, 0.29) is 17.5 Å². The van der Waals surface area contributed by atoms with Gasteiger partial charge in [0, 0.05) is 37.6 Å². The van der Waals surface area contributed by atoms with Crippen LogP contribution in [0.4, 0.5) is 34.1 Å². The highest BCUT2D eigenvalue weighted by atomic mass is 32.1. The molecule has 13 rings (SSSR count). The lowest BCUT2D eigenvalue weighted by atomic mass is 9.35. The zero-order valence-electron chi connectivity index (χ0n) is 34.0. The van der Waals surface area contributed by atoms with Crippen LogP contribution in [0.15, 0.2) is 97.1 Å². The van der Waals surface area contributed by atoms with Crippen LogP contribution in [0.1, 0.15) is 107 Å². The lowest BCUT2D eigenvalue weighted by Gasteiger charge is -2.57. The first-order valence-electron chi connectivity index (χ1n) is 21.6. The molecule has 4 saturated carbocycles. The standard InChI is InChI=1S/C52H53BN2S/c1-31-12-10-13-32(2)47(31)55-43-17-11-16-42-46(43)53(41-26-39-40(27-44(41)55)51(5,6)21-20-50(39,3)4)49-48(54(42)37-14-8-7-9-15-37)38-25-36(18-19-45(38)56-49)52-28-33-22-34(29-52)24-35(23-33)30-52/h7-19,25-27,33-35H,20-24,28-30H2,1-6H3. The minimum atomic E-state index is 0.113. The number of rotatable bonds is 3. The van der Waals surface area contributed by atoms with Crippen molar-refractivity contribution >= 4 is 78.0 Å². The van der Waals surface area contributed by atoms with Gasteiger partial charge in [-0.05, 0) is 180 Å². The number of thiophene rings is 1. The zero-order chi connectivity index (χ0) is 37.9. The second-order valence-electron chi connectivity index (χ2n) is 20.3. The first kappa shape index (κ1) is 33.8. The summed E-state index contributed by atoms with van der Waals surface area (Å²) in [6.45, 7) is 14.7. The highest BCUT2D eigenvalue weighted by molar-refractivity contribution is 7.33. The van der Waals surface area contributed by atoms with Crippen LogP contribution in [0.3, 0.4) is 0 Å². The molecule has 0 atom stereocenters. The fourth-order valence-electron chi connectivity index (χ4n) is 13.5. The molecular formula is C52H53BN2S. The van der Waals surface area contributed by atoms with E-state index in [1.54, 1.807) is 11.1 Å². The van der Waals surface area contributed by atoms with Gasteiger partial charge < -0.3 is 9.80 Å². The summed E-state index contributed by atoms with van der Waals surface area (Å²) in [6, 6.07) is 38.4. The average Bonchev–Trinajstić information content (AvgIpc) is 3.55. The summed E-state index contributed by atoms with van der Waals surface area (Å²) in [6.07, 6.45) is 11.0. The SMILES string of the molecule is Cc1cccc(C)c1N1c2cc3c(cc2B2c4sc5ccc(C67CC8CC(CC(C8)C6)C7)cc5c4N(c4ccccc4)c4cccc1c42)C(C)(C)CCC3(C)C. The van der Waals surface area contributed by atoms with Gasteiger partial charge >= 0.3 is 0 Å². The van der Waals surface area contributed by atoms with Gasteiger partial charge in [-0.2, -0.15) is 0 Å². The third kappa shape index (κ3) is 4.57. The minimum absolute atomic E-state index is 0.113. The summed E-state index contributed by atoms with van der Waals surface area (Å²) < 4.78 is 2.93. The van der Waals surface area contributed by atoms with Crippen LogP contribution in [0, 0.1) is 31.6 Å². The van der Waals surface area contributed by atoms with Crippen molar-refractivity contribution in [2.24, 2.45) is 17.8 Å². The van der Waals surface area contributed by atoms with Crippen molar-refractivity contribution in [3.05, 3.63) is 125 Å². The largest absolute Gasteiger partial charge is 0.311 e. The number of hydrogen-bond acceptors (Lipinski definition) is 3. The molecule has 280 valence electrons. The van der Waals surface area contributed by atoms with Crippen LogP contribution in [-0.4, -0.2) is 6.71 Å². The Hall–Kier alpha value is -4.28. The van der Waals surface area contributed by atoms with Gasteiger partial charge in [-0.3, -0.25) is 0 Å². The first-order valence-corrected chi connectivity index (χ1v) is 22.4. The summed E-state index contributed by atoms with van der Waals surface area (Å²) in [5.74, 6) is 2.79. The second-order valence-corrected chi connectivity index (χ2v) is 21.4. The van der Waals surface area contributed by atoms with Crippen molar-refractivity contribution in [1.29, 1.82) is 0 Å². The van der Waals surface area contributed by atoms with Gasteiger partial charge in [-0.25, -0.2) is 0 Å². The molecule has 0 spiro atoms. The maximum atomic E-state index is 2.70. The molecule has 0 N–H and O–H groups in total. The molecule has 1 aromatic heterocycles. The molecule has 0 unspecified atom stereocenters. The number of fused-ring (bicyclic) bond motifs is 7. The molecule has 0 saturated heterocycles. The van der Waals surface area contributed by atoms with Gasteiger partial charge in [-0.15, -0.1) is 11.3 Å². The Kier molecular flexibility index (Phi) is 6.91. The highest BCUT2D eigenvalue weighted by Gasteiger charge is 2.52. The molecule has 4 fully saturated rings. The molecule has 0 radical (unpaired) electrons. The van der Waals surface area contributed by atoms with E-state index in [0.717, 1.165) is 17.8 Å². The Morgan fingerprint density at radius 2 is 1.21 bits per heavy atom. The van der Waals surface area contributed by atoms with Crippen molar-refractivity contribution < 1.29 is 0 Å². The number of nitrogens with zero attached hydrogens (tertiary/aromatic N) is 2. The number of anilines is 6. The van der Waals surface area contributed by atoms with Crippen molar-refractivity contribution in [1.82, 2.24) is 0 Å². The van der Waals surface area contributed by atoms with E-state index < -0.39 is 0 Å². The van der Waals surface area contributed by atoms with Gasteiger partial charge in [0.15, 0.2) is 0 Å². The Morgan fingerprint density at radius 3 is 1.88 bits per heavy atom. The van der Waals surface area contributed by atoms with E-state index in [2.05, 4.69) is 160 Å². The Morgan fingerprint density at radius 1 is 0.607 bits per heavy atom. The van der Waals surface area contributed by atoms with E-state index >= 15 is 0 Å². The van der Waals surface area contributed by atoms with Crippen LogP contribution < -0.4 is 25.5 Å². The summed E-state index contributed by atoms with van der Waals surface area (Å²) in [5.41, 5.74) is 18.8. The lowest BCUT2D eigenvalue weighted by Crippen LogP contribution is -2.61. The van der Waals surface area contributed by atoms with Crippen molar-refractivity contribution in [3.63, 3.8) is 0 Å². The van der Waals surface area contributed by atoms with Crippen LogP contribution in [0.2, 0.25) is 0 Å².